The molecule has 0 aliphatic carbocycles. The molecule has 6 heteroatoms. The van der Waals surface area contributed by atoms with E-state index in [-0.39, 0.29) is 5.69 Å². The summed E-state index contributed by atoms with van der Waals surface area (Å²) < 4.78 is 6.06. The van der Waals surface area contributed by atoms with Gasteiger partial charge in [-0.25, -0.2) is 19.1 Å². The summed E-state index contributed by atoms with van der Waals surface area (Å²) in [4.78, 5) is 22.6. The quantitative estimate of drug-likeness (QED) is 0.713. The van der Waals surface area contributed by atoms with Crippen molar-refractivity contribution in [2.24, 2.45) is 0 Å². The highest BCUT2D eigenvalue weighted by Gasteiger charge is 2.08. The number of nitrogens with one attached hydrogen (secondary N) is 1. The number of aromatic nitrogens is 3. The lowest BCUT2D eigenvalue weighted by molar-refractivity contribution is 0.0526. The lowest BCUT2D eigenvalue weighted by atomic mass is 10.3. The van der Waals surface area contributed by atoms with Crippen LogP contribution in [0.3, 0.4) is 0 Å². The molecule has 0 aliphatic rings. The molecule has 0 aromatic carbocycles. The van der Waals surface area contributed by atoms with Crippen molar-refractivity contribution in [2.75, 3.05) is 6.61 Å². The van der Waals surface area contributed by atoms with Crippen molar-refractivity contribution in [2.45, 2.75) is 6.92 Å². The second kappa shape index (κ2) is 3.56. The Morgan fingerprint density at radius 3 is 3.13 bits per heavy atom. The number of hydrogen-bond donors (Lipinski definition) is 1. The van der Waals surface area contributed by atoms with Crippen molar-refractivity contribution in [3.8, 4) is 0 Å². The first-order valence-corrected chi connectivity index (χ1v) is 4.46. The van der Waals surface area contributed by atoms with Crippen LogP contribution >= 0.6 is 0 Å². The van der Waals surface area contributed by atoms with Crippen molar-refractivity contribution in [3.05, 3.63) is 34.4 Å². The van der Waals surface area contributed by atoms with Crippen LogP contribution < -0.4 is 5.69 Å². The Kier molecular flexibility index (Phi) is 2.24. The van der Waals surface area contributed by atoms with E-state index >= 15 is 0 Å². The zero-order valence-electron chi connectivity index (χ0n) is 8.06. The molecule has 2 heterocycles. The molecule has 0 bridgehead atoms. The van der Waals surface area contributed by atoms with Crippen molar-refractivity contribution in [3.63, 3.8) is 0 Å². The Balaban J connectivity index is 2.50. The molecular weight excluding hydrogens is 198 g/mol. The topological polar surface area (TPSA) is 76.5 Å². The standard InChI is InChI=1S/C9H9N3O3/c1-2-15-8(13)6-3-4-7-10-11-9(14)12(7)5-6/h3-5H,2H2,1H3,(H,11,14). The number of nitrogens with zero attached hydrogens (tertiary/aromatic N) is 2. The molecule has 0 saturated carbocycles. The Morgan fingerprint density at radius 2 is 2.40 bits per heavy atom. The molecular formula is C9H9N3O3. The molecule has 1 N–H and O–H groups in total. The van der Waals surface area contributed by atoms with Gasteiger partial charge in [0, 0.05) is 6.20 Å². The number of carbonyl (C=O) groups excluding carboxylic acids is 1. The van der Waals surface area contributed by atoms with Gasteiger partial charge in [0.25, 0.3) is 0 Å². The molecule has 15 heavy (non-hydrogen) atoms. The Bertz CT molecular complexity index is 555. The SMILES string of the molecule is CCOC(=O)c1ccc2n[nH]c(=O)n2c1. The monoisotopic (exact) mass is 207 g/mol. The fraction of sp³-hybridized carbons (Fsp3) is 0.222. The summed E-state index contributed by atoms with van der Waals surface area (Å²) in [5.74, 6) is -0.451. The number of aromatic amines is 1. The largest absolute Gasteiger partial charge is 0.462 e. The Hall–Kier alpha value is -2.11. The molecule has 2 rings (SSSR count). The summed E-state index contributed by atoms with van der Waals surface area (Å²) in [6.07, 6.45) is 1.40. The molecule has 6 nitrogen and oxygen atoms in total. The summed E-state index contributed by atoms with van der Waals surface area (Å²) in [5, 5.41) is 6.02. The first-order valence-electron chi connectivity index (χ1n) is 4.46. The minimum absolute atomic E-state index is 0.303. The molecule has 0 radical (unpaired) electrons. The Morgan fingerprint density at radius 1 is 1.60 bits per heavy atom. The molecule has 2 aromatic rings. The van der Waals surface area contributed by atoms with Crippen LogP contribution in [-0.2, 0) is 4.74 Å². The van der Waals surface area contributed by atoms with Crippen LogP contribution in [0.15, 0.2) is 23.1 Å². The molecule has 0 spiro atoms. The average molecular weight is 207 g/mol. The van der Waals surface area contributed by atoms with Gasteiger partial charge >= 0.3 is 11.7 Å². The van der Waals surface area contributed by atoms with E-state index in [1.54, 1.807) is 19.1 Å². The van der Waals surface area contributed by atoms with Gasteiger partial charge in [-0.2, -0.15) is 5.10 Å². The summed E-state index contributed by atoms with van der Waals surface area (Å²) in [7, 11) is 0. The third-order valence-corrected chi connectivity index (χ3v) is 1.92. The van der Waals surface area contributed by atoms with Gasteiger partial charge in [-0.1, -0.05) is 0 Å². The van der Waals surface area contributed by atoms with E-state index in [1.165, 1.54) is 10.6 Å². The first-order chi connectivity index (χ1) is 7.22. The molecule has 0 aliphatic heterocycles. The van der Waals surface area contributed by atoms with Crippen molar-refractivity contribution >= 4 is 11.6 Å². The fourth-order valence-corrected chi connectivity index (χ4v) is 1.24. The lowest BCUT2D eigenvalue weighted by Gasteiger charge is -2.00. The third-order valence-electron chi connectivity index (χ3n) is 1.92. The molecule has 2 aromatic heterocycles. The summed E-state index contributed by atoms with van der Waals surface area (Å²) in [6.45, 7) is 2.03. The third kappa shape index (κ3) is 1.61. The van der Waals surface area contributed by atoms with Gasteiger partial charge in [-0.3, -0.25) is 0 Å². The number of pyridine rings is 1. The number of H-pyrrole nitrogens is 1. The number of fused-ring (bicyclic) bond motifs is 1. The first kappa shape index (κ1) is 9.45. The van der Waals surface area contributed by atoms with Crippen LogP contribution in [0, 0.1) is 0 Å². The zero-order chi connectivity index (χ0) is 10.8. The van der Waals surface area contributed by atoms with Crippen LogP contribution in [0.1, 0.15) is 17.3 Å². The van der Waals surface area contributed by atoms with E-state index in [4.69, 9.17) is 4.74 Å². The van der Waals surface area contributed by atoms with Gasteiger partial charge < -0.3 is 4.74 Å². The van der Waals surface area contributed by atoms with E-state index in [0.717, 1.165) is 0 Å². The van der Waals surface area contributed by atoms with E-state index in [2.05, 4.69) is 10.2 Å². The number of ether oxygens (including phenoxy) is 1. The van der Waals surface area contributed by atoms with Gasteiger partial charge in [-0.05, 0) is 19.1 Å². The highest BCUT2D eigenvalue weighted by molar-refractivity contribution is 5.89. The maximum Gasteiger partial charge on any atom is 0.347 e. The van der Waals surface area contributed by atoms with Crippen molar-refractivity contribution in [1.29, 1.82) is 0 Å². The number of rotatable bonds is 2. The highest BCUT2D eigenvalue weighted by atomic mass is 16.5. The number of hydrogen-bond acceptors (Lipinski definition) is 4. The fourth-order valence-electron chi connectivity index (χ4n) is 1.24. The second-order valence-electron chi connectivity index (χ2n) is 2.90. The molecule has 0 saturated heterocycles. The minimum Gasteiger partial charge on any atom is -0.462 e. The normalized spacial score (nSPS) is 10.5. The maximum absolute atomic E-state index is 11.4. The van der Waals surface area contributed by atoms with Crippen LogP contribution in [0.2, 0.25) is 0 Å². The van der Waals surface area contributed by atoms with Crippen molar-refractivity contribution in [1.82, 2.24) is 14.6 Å². The van der Waals surface area contributed by atoms with E-state index < -0.39 is 5.97 Å². The van der Waals surface area contributed by atoms with Gasteiger partial charge in [-0.15, -0.1) is 0 Å². The molecule has 0 atom stereocenters. The number of esters is 1. The summed E-state index contributed by atoms with van der Waals surface area (Å²) in [6, 6.07) is 3.14. The van der Waals surface area contributed by atoms with Crippen LogP contribution in [0.5, 0.6) is 0 Å². The second-order valence-corrected chi connectivity index (χ2v) is 2.90. The predicted octanol–water partition coefficient (Wildman–Crippen LogP) is 0.199. The Labute approximate surface area is 84.5 Å². The maximum atomic E-state index is 11.4. The highest BCUT2D eigenvalue weighted by Crippen LogP contribution is 2.03. The smallest absolute Gasteiger partial charge is 0.347 e. The minimum atomic E-state index is -0.451. The zero-order valence-corrected chi connectivity index (χ0v) is 8.06. The molecule has 0 amide bonds. The van der Waals surface area contributed by atoms with Crippen LogP contribution in [-0.4, -0.2) is 27.2 Å². The molecule has 0 fully saturated rings. The van der Waals surface area contributed by atoms with Crippen LogP contribution in [0.25, 0.3) is 5.65 Å². The van der Waals surface area contributed by atoms with Gasteiger partial charge in [0.2, 0.25) is 0 Å². The van der Waals surface area contributed by atoms with E-state index in [0.29, 0.717) is 17.8 Å². The molecule has 78 valence electrons. The van der Waals surface area contributed by atoms with Gasteiger partial charge in [0.05, 0.1) is 12.2 Å². The predicted molar refractivity (Wildman–Crippen MR) is 51.8 cm³/mol. The van der Waals surface area contributed by atoms with Crippen molar-refractivity contribution < 1.29 is 9.53 Å². The summed E-state index contributed by atoms with van der Waals surface area (Å²) >= 11 is 0. The van der Waals surface area contributed by atoms with Crippen LogP contribution in [0.4, 0.5) is 0 Å². The lowest BCUT2D eigenvalue weighted by Crippen LogP contribution is -2.12. The van der Waals surface area contributed by atoms with Gasteiger partial charge in [0.1, 0.15) is 0 Å². The average Bonchev–Trinajstić information content (AvgIpc) is 2.60. The molecule has 0 unspecified atom stereocenters. The van der Waals surface area contributed by atoms with E-state index in [1.807, 2.05) is 0 Å². The van der Waals surface area contributed by atoms with Gasteiger partial charge in [0.15, 0.2) is 5.65 Å². The number of carbonyl (C=O) groups is 1. The summed E-state index contributed by atoms with van der Waals surface area (Å²) in [5.41, 5.74) is 0.414. The van der Waals surface area contributed by atoms with E-state index in [9.17, 15) is 9.59 Å².